The molecule has 0 aromatic heterocycles. The molecule has 0 unspecified atom stereocenters. The van der Waals surface area contributed by atoms with Gasteiger partial charge in [-0.15, -0.1) is 0 Å². The summed E-state index contributed by atoms with van der Waals surface area (Å²) in [7, 11) is 0. The molecule has 1 aliphatic carbocycles. The molecule has 2 nitrogen and oxygen atoms in total. The first-order chi connectivity index (χ1) is 20.8. The molecule has 1 fully saturated rings. The van der Waals surface area contributed by atoms with Gasteiger partial charge in [0.2, 0.25) is 11.6 Å². The molecule has 1 saturated carbocycles. The summed E-state index contributed by atoms with van der Waals surface area (Å²) in [4.78, 5) is 0. The lowest BCUT2D eigenvalue weighted by molar-refractivity contribution is 0.285. The molecule has 4 rings (SSSR count). The van der Waals surface area contributed by atoms with E-state index in [1.54, 1.807) is 12.1 Å². The number of hydrogen-bond donors (Lipinski definition) is 0. The van der Waals surface area contributed by atoms with Crippen molar-refractivity contribution in [2.75, 3.05) is 13.2 Å². The van der Waals surface area contributed by atoms with Crippen molar-refractivity contribution in [1.82, 2.24) is 0 Å². The van der Waals surface area contributed by atoms with Crippen LogP contribution in [0.5, 0.6) is 11.5 Å². The highest BCUT2D eigenvalue weighted by Gasteiger charge is 2.28. The Morgan fingerprint density at radius 3 is 1.86 bits per heavy atom. The Morgan fingerprint density at radius 2 is 1.19 bits per heavy atom. The summed E-state index contributed by atoms with van der Waals surface area (Å²) in [6.07, 6.45) is 11.1. The summed E-state index contributed by atoms with van der Waals surface area (Å²) < 4.78 is 84.4. The van der Waals surface area contributed by atoms with E-state index >= 15 is 4.39 Å². The number of rotatable bonds is 14. The smallest absolute Gasteiger partial charge is 0.201 e. The molecular weight excluding hydrogens is 559 g/mol. The molecule has 3 aromatic rings. The van der Waals surface area contributed by atoms with Crippen LogP contribution >= 0.6 is 0 Å². The van der Waals surface area contributed by atoms with Crippen molar-refractivity contribution in [3.63, 3.8) is 0 Å². The van der Waals surface area contributed by atoms with Gasteiger partial charge in [-0.25, -0.2) is 13.2 Å². The highest BCUT2D eigenvalue weighted by molar-refractivity contribution is 5.70. The molecule has 3 aromatic carbocycles. The van der Waals surface area contributed by atoms with Gasteiger partial charge in [0.15, 0.2) is 23.1 Å². The van der Waals surface area contributed by atoms with Crippen LogP contribution in [0.1, 0.15) is 112 Å². The van der Waals surface area contributed by atoms with Gasteiger partial charge in [0, 0.05) is 11.1 Å². The van der Waals surface area contributed by atoms with Gasteiger partial charge in [-0.1, -0.05) is 69.9 Å². The molecule has 0 radical (unpaired) electrons. The van der Waals surface area contributed by atoms with E-state index in [9.17, 15) is 17.6 Å². The van der Waals surface area contributed by atoms with Crippen LogP contribution in [0.4, 0.5) is 22.0 Å². The molecule has 232 valence electrons. The number of ether oxygens (including phenoxy) is 2. The molecule has 7 heteroatoms. The van der Waals surface area contributed by atoms with Gasteiger partial charge >= 0.3 is 0 Å². The van der Waals surface area contributed by atoms with Crippen LogP contribution in [0.3, 0.4) is 0 Å². The third kappa shape index (κ3) is 8.39. The van der Waals surface area contributed by atoms with Gasteiger partial charge in [0.25, 0.3) is 0 Å². The summed E-state index contributed by atoms with van der Waals surface area (Å²) in [5, 5.41) is 0. The highest BCUT2D eigenvalue weighted by Crippen LogP contribution is 2.42. The highest BCUT2D eigenvalue weighted by atomic mass is 19.2. The molecule has 0 aliphatic heterocycles. The number of halogens is 5. The lowest BCUT2D eigenvalue weighted by Crippen LogP contribution is -2.14. The van der Waals surface area contributed by atoms with Crippen molar-refractivity contribution in [2.24, 2.45) is 0 Å². The molecule has 43 heavy (non-hydrogen) atoms. The fourth-order valence-electron chi connectivity index (χ4n) is 5.65. The van der Waals surface area contributed by atoms with E-state index in [0.717, 1.165) is 44.1 Å². The first-order valence-corrected chi connectivity index (χ1v) is 15.5. The van der Waals surface area contributed by atoms with E-state index in [1.165, 1.54) is 36.4 Å². The van der Waals surface area contributed by atoms with Crippen molar-refractivity contribution < 1.29 is 31.4 Å². The quantitative estimate of drug-likeness (QED) is 0.104. The Bertz CT molecular complexity index is 1380. The zero-order chi connectivity index (χ0) is 30.8. The van der Waals surface area contributed by atoms with Crippen molar-refractivity contribution in [2.45, 2.75) is 89.9 Å². The molecule has 1 aliphatic rings. The van der Waals surface area contributed by atoms with E-state index in [4.69, 9.17) is 9.47 Å². The third-order valence-electron chi connectivity index (χ3n) is 8.27. The molecule has 0 amide bonds. The molecule has 0 saturated heterocycles. The summed E-state index contributed by atoms with van der Waals surface area (Å²) in [5.41, 5.74) is 1.45. The van der Waals surface area contributed by atoms with Crippen LogP contribution in [0, 0.1) is 29.1 Å². The SMILES string of the molecule is CCCCCCOc1ccc(/C=C/c2ccc(C3CCC(c4ccc(OCCCC)c(F)c4F)CC3)cc2F)c(F)c1F. The molecule has 0 bridgehead atoms. The van der Waals surface area contributed by atoms with Crippen LogP contribution in [-0.2, 0) is 0 Å². The monoisotopic (exact) mass is 600 g/mol. The van der Waals surface area contributed by atoms with Crippen molar-refractivity contribution >= 4 is 12.2 Å². The van der Waals surface area contributed by atoms with Gasteiger partial charge in [-0.2, -0.15) is 8.78 Å². The van der Waals surface area contributed by atoms with Crippen LogP contribution in [-0.4, -0.2) is 13.2 Å². The summed E-state index contributed by atoms with van der Waals surface area (Å²) in [5.74, 6) is -4.54. The Kier molecular flexibility index (Phi) is 12.1. The fraction of sp³-hybridized carbons (Fsp3) is 0.444. The average molecular weight is 601 g/mol. The summed E-state index contributed by atoms with van der Waals surface area (Å²) >= 11 is 0. The van der Waals surface area contributed by atoms with E-state index < -0.39 is 29.1 Å². The van der Waals surface area contributed by atoms with Gasteiger partial charge in [-0.05, 0) is 85.8 Å². The second-order valence-electron chi connectivity index (χ2n) is 11.3. The molecule has 0 N–H and O–H groups in total. The maximum atomic E-state index is 15.0. The maximum absolute atomic E-state index is 15.0. The van der Waals surface area contributed by atoms with Crippen molar-refractivity contribution in [1.29, 1.82) is 0 Å². The largest absolute Gasteiger partial charge is 0.490 e. The van der Waals surface area contributed by atoms with Crippen molar-refractivity contribution in [3.05, 3.63) is 93.8 Å². The normalized spacial score (nSPS) is 17.0. The summed E-state index contributed by atoms with van der Waals surface area (Å²) in [6.45, 7) is 4.76. The topological polar surface area (TPSA) is 18.5 Å². The minimum absolute atomic E-state index is 0.00172. The van der Waals surface area contributed by atoms with Crippen LogP contribution in [0.15, 0.2) is 42.5 Å². The number of hydrogen-bond acceptors (Lipinski definition) is 2. The number of benzene rings is 3. The molecule has 0 heterocycles. The Hall–Kier alpha value is -3.35. The average Bonchev–Trinajstić information content (AvgIpc) is 3.01. The first kappa shape index (κ1) is 32.6. The second kappa shape index (κ2) is 15.9. The Morgan fingerprint density at radius 1 is 0.605 bits per heavy atom. The molecular formula is C36H41F5O2. The van der Waals surface area contributed by atoms with E-state index in [2.05, 4.69) is 6.92 Å². The van der Waals surface area contributed by atoms with Crippen LogP contribution in [0.25, 0.3) is 12.2 Å². The lowest BCUT2D eigenvalue weighted by Gasteiger charge is -2.29. The summed E-state index contributed by atoms with van der Waals surface area (Å²) in [6, 6.07) is 10.9. The molecule has 0 atom stereocenters. The zero-order valence-electron chi connectivity index (χ0n) is 25.0. The van der Waals surface area contributed by atoms with Gasteiger partial charge in [0.05, 0.1) is 13.2 Å². The lowest BCUT2D eigenvalue weighted by atomic mass is 9.76. The molecule has 0 spiro atoms. The van der Waals surface area contributed by atoms with Crippen molar-refractivity contribution in [3.8, 4) is 11.5 Å². The van der Waals surface area contributed by atoms with E-state index in [-0.39, 0.29) is 34.5 Å². The van der Waals surface area contributed by atoms with E-state index in [0.29, 0.717) is 44.5 Å². The minimum Gasteiger partial charge on any atom is -0.490 e. The first-order valence-electron chi connectivity index (χ1n) is 15.5. The zero-order valence-corrected chi connectivity index (χ0v) is 25.0. The van der Waals surface area contributed by atoms with Crippen LogP contribution < -0.4 is 9.47 Å². The van der Waals surface area contributed by atoms with Gasteiger partial charge in [0.1, 0.15) is 5.82 Å². The fourth-order valence-corrected chi connectivity index (χ4v) is 5.65. The predicted molar refractivity (Wildman–Crippen MR) is 162 cm³/mol. The maximum Gasteiger partial charge on any atom is 0.201 e. The van der Waals surface area contributed by atoms with E-state index in [1.807, 2.05) is 13.0 Å². The van der Waals surface area contributed by atoms with Gasteiger partial charge in [-0.3, -0.25) is 0 Å². The Balaban J connectivity index is 1.35. The Labute approximate surface area is 251 Å². The number of unbranched alkanes of at least 4 members (excludes halogenated alkanes) is 4. The third-order valence-corrected chi connectivity index (χ3v) is 8.27. The second-order valence-corrected chi connectivity index (χ2v) is 11.3. The van der Waals surface area contributed by atoms with Crippen LogP contribution in [0.2, 0.25) is 0 Å². The van der Waals surface area contributed by atoms with Gasteiger partial charge < -0.3 is 9.47 Å². The minimum atomic E-state index is -1.05. The predicted octanol–water partition coefficient (Wildman–Crippen LogP) is 11.1. The standard InChI is InChI=1S/C36H41F5O2/c1-3-5-7-8-22-43-31-19-17-27(33(38)35(31)40)15-13-26-14-16-28(23-30(26)37)24-9-11-25(12-10-24)29-18-20-32(36(41)34(29)39)42-21-6-4-2/h13-20,23-25H,3-12,21-22H2,1-2H3/b15-13+.